The summed E-state index contributed by atoms with van der Waals surface area (Å²) in [6.07, 6.45) is -3.71. The van der Waals surface area contributed by atoms with Gasteiger partial charge in [0.15, 0.2) is 0 Å². The highest BCUT2D eigenvalue weighted by atomic mass is 35.5. The fourth-order valence-electron chi connectivity index (χ4n) is 0.899. The number of carbonyl (C=O) groups is 1. The van der Waals surface area contributed by atoms with Gasteiger partial charge in [0.2, 0.25) is 0 Å². The van der Waals surface area contributed by atoms with Gasteiger partial charge in [-0.15, -0.1) is 12.4 Å². The first kappa shape index (κ1) is 16.9. The number of hydrogen-bond acceptors (Lipinski definition) is 3. The van der Waals surface area contributed by atoms with Crippen LogP contribution in [-0.4, -0.2) is 25.3 Å². The lowest BCUT2D eigenvalue weighted by Gasteiger charge is -2.14. The Hall–Kier alpha value is -0.490. The predicted octanol–water partition coefficient (Wildman–Crippen LogP) is 2.03. The molecule has 15 heavy (non-hydrogen) atoms. The number of carbonyl (C=O) groups excluding carboxylic acids is 1. The number of ether oxygens (including phenoxy) is 1. The van der Waals surface area contributed by atoms with E-state index in [1.165, 1.54) is 7.11 Å². The number of methoxy groups -OCH3 is 1. The van der Waals surface area contributed by atoms with Crippen LogP contribution in [0.4, 0.5) is 13.2 Å². The summed E-state index contributed by atoms with van der Waals surface area (Å²) in [6.45, 7) is 0. The van der Waals surface area contributed by atoms with Crippen molar-refractivity contribution in [2.75, 3.05) is 7.11 Å². The summed E-state index contributed by atoms with van der Waals surface area (Å²) in [5.74, 6) is -0.411. The maximum atomic E-state index is 11.9. The summed E-state index contributed by atoms with van der Waals surface area (Å²) in [5.41, 5.74) is 4.86. The Morgan fingerprint density at radius 3 is 2.33 bits per heavy atom. The van der Waals surface area contributed by atoms with Crippen molar-refractivity contribution in [1.29, 1.82) is 0 Å². The van der Waals surface area contributed by atoms with Crippen LogP contribution >= 0.6 is 12.4 Å². The number of rotatable bonds is 5. The molecule has 0 saturated carbocycles. The molecule has 0 radical (unpaired) electrons. The number of halogens is 4. The molecule has 92 valence electrons. The molecule has 0 saturated heterocycles. The molecule has 0 rings (SSSR count). The second kappa shape index (κ2) is 7.76. The van der Waals surface area contributed by atoms with E-state index in [4.69, 9.17) is 5.73 Å². The maximum Gasteiger partial charge on any atom is 0.403 e. The molecule has 0 aliphatic carbocycles. The first-order valence-electron chi connectivity index (χ1n) is 4.27. The average Bonchev–Trinajstić information content (AvgIpc) is 2.09. The molecule has 0 aromatic carbocycles. The molecule has 1 unspecified atom stereocenters. The molecule has 0 fully saturated rings. The van der Waals surface area contributed by atoms with Crippen molar-refractivity contribution in [1.82, 2.24) is 0 Å². The van der Waals surface area contributed by atoms with E-state index in [1.807, 2.05) is 0 Å². The van der Waals surface area contributed by atoms with Crippen LogP contribution in [0.5, 0.6) is 0 Å². The van der Waals surface area contributed by atoms with Gasteiger partial charge in [-0.05, 0) is 12.8 Å². The van der Waals surface area contributed by atoms with Crippen molar-refractivity contribution in [3.63, 3.8) is 0 Å². The third-order valence-electron chi connectivity index (χ3n) is 1.79. The van der Waals surface area contributed by atoms with Gasteiger partial charge in [0.1, 0.15) is 6.04 Å². The van der Waals surface area contributed by atoms with Crippen LogP contribution in [-0.2, 0) is 9.53 Å². The van der Waals surface area contributed by atoms with Gasteiger partial charge < -0.3 is 10.5 Å². The van der Waals surface area contributed by atoms with E-state index < -0.39 is 18.2 Å². The normalized spacial score (nSPS) is 12.9. The van der Waals surface area contributed by atoms with E-state index in [-0.39, 0.29) is 31.7 Å². The lowest BCUT2D eigenvalue weighted by molar-refractivity contribution is -0.149. The highest BCUT2D eigenvalue weighted by Crippen LogP contribution is 2.22. The van der Waals surface area contributed by atoms with Crippen LogP contribution in [0, 0.1) is 0 Å². The maximum absolute atomic E-state index is 11.9. The molecular weight excluding hydrogens is 235 g/mol. The van der Waals surface area contributed by atoms with E-state index in [0.29, 0.717) is 6.42 Å². The van der Waals surface area contributed by atoms with E-state index in [9.17, 15) is 18.0 Å². The molecule has 2 N–H and O–H groups in total. The molecule has 0 aromatic heterocycles. The Bertz CT molecular complexity index is 187. The zero-order valence-corrected chi connectivity index (χ0v) is 9.16. The number of nitrogens with two attached hydrogens (primary N) is 1. The van der Waals surface area contributed by atoms with Crippen LogP contribution in [0.3, 0.4) is 0 Å². The fraction of sp³-hybridized carbons (Fsp3) is 0.875. The van der Waals surface area contributed by atoms with E-state index >= 15 is 0 Å². The second-order valence-electron chi connectivity index (χ2n) is 2.97. The van der Waals surface area contributed by atoms with Crippen molar-refractivity contribution >= 4 is 18.4 Å². The van der Waals surface area contributed by atoms with Gasteiger partial charge >= 0.3 is 12.1 Å². The summed E-state index contributed by atoms with van der Waals surface area (Å²) in [5, 5.41) is 0. The Morgan fingerprint density at radius 2 is 1.93 bits per heavy atom. The quantitative estimate of drug-likeness (QED) is 0.599. The molecule has 1 atom stereocenters. The SMILES string of the molecule is COC(=O)CCCCC(N)C(F)(F)F.Cl. The Balaban J connectivity index is 0. The summed E-state index contributed by atoms with van der Waals surface area (Å²) in [4.78, 5) is 10.6. The molecule has 0 bridgehead atoms. The van der Waals surface area contributed by atoms with Crippen LogP contribution in [0.2, 0.25) is 0 Å². The standard InChI is InChI=1S/C8H14F3NO2.ClH/c1-14-7(13)5-3-2-4-6(12)8(9,10)11;/h6H,2-5,12H2,1H3;1H. The molecule has 0 spiro atoms. The number of esters is 1. The van der Waals surface area contributed by atoms with E-state index in [1.54, 1.807) is 0 Å². The number of unbranched alkanes of at least 4 members (excludes halogenated alkanes) is 1. The minimum absolute atomic E-state index is 0. The highest BCUT2D eigenvalue weighted by Gasteiger charge is 2.35. The van der Waals surface area contributed by atoms with Gasteiger partial charge in [-0.1, -0.05) is 6.42 Å². The van der Waals surface area contributed by atoms with E-state index in [0.717, 1.165) is 0 Å². The van der Waals surface area contributed by atoms with Crippen molar-refractivity contribution in [2.24, 2.45) is 5.73 Å². The van der Waals surface area contributed by atoms with Gasteiger partial charge in [-0.25, -0.2) is 0 Å². The Morgan fingerprint density at radius 1 is 1.40 bits per heavy atom. The van der Waals surface area contributed by atoms with Crippen LogP contribution in [0.1, 0.15) is 25.7 Å². The number of hydrogen-bond donors (Lipinski definition) is 1. The predicted molar refractivity (Wildman–Crippen MR) is 51.8 cm³/mol. The highest BCUT2D eigenvalue weighted by molar-refractivity contribution is 5.85. The van der Waals surface area contributed by atoms with Crippen LogP contribution in [0.15, 0.2) is 0 Å². The molecule has 0 amide bonds. The molecule has 0 aliphatic heterocycles. The van der Waals surface area contributed by atoms with Crippen molar-refractivity contribution < 1.29 is 22.7 Å². The third kappa shape index (κ3) is 8.50. The average molecular weight is 250 g/mol. The smallest absolute Gasteiger partial charge is 0.403 e. The molecule has 0 heterocycles. The largest absolute Gasteiger partial charge is 0.469 e. The van der Waals surface area contributed by atoms with Crippen molar-refractivity contribution in [2.45, 2.75) is 37.9 Å². The molecule has 3 nitrogen and oxygen atoms in total. The molecule has 7 heteroatoms. The lowest BCUT2D eigenvalue weighted by Crippen LogP contribution is -2.37. The second-order valence-corrected chi connectivity index (χ2v) is 2.97. The van der Waals surface area contributed by atoms with Gasteiger partial charge in [-0.3, -0.25) is 4.79 Å². The first-order chi connectivity index (χ1) is 6.38. The summed E-state index contributed by atoms with van der Waals surface area (Å²) in [7, 11) is 1.24. The first-order valence-corrected chi connectivity index (χ1v) is 4.27. The number of alkyl halides is 3. The van der Waals surface area contributed by atoms with Crippen molar-refractivity contribution in [3.8, 4) is 0 Å². The summed E-state index contributed by atoms with van der Waals surface area (Å²) >= 11 is 0. The Kier molecular flexibility index (Phi) is 8.75. The summed E-state index contributed by atoms with van der Waals surface area (Å²) < 4.78 is 40.0. The van der Waals surface area contributed by atoms with Gasteiger partial charge in [0, 0.05) is 6.42 Å². The topological polar surface area (TPSA) is 52.3 Å². The molecular formula is C8H15ClF3NO2. The molecule has 0 aromatic rings. The summed E-state index contributed by atoms with van der Waals surface area (Å²) in [6, 6.07) is -1.79. The zero-order chi connectivity index (χ0) is 11.2. The zero-order valence-electron chi connectivity index (χ0n) is 8.34. The minimum Gasteiger partial charge on any atom is -0.469 e. The van der Waals surface area contributed by atoms with Gasteiger partial charge in [0.05, 0.1) is 7.11 Å². The van der Waals surface area contributed by atoms with Crippen LogP contribution < -0.4 is 5.73 Å². The molecule has 0 aliphatic rings. The van der Waals surface area contributed by atoms with Gasteiger partial charge in [0.25, 0.3) is 0 Å². The fourth-order valence-corrected chi connectivity index (χ4v) is 0.899. The Labute approximate surface area is 92.6 Å². The van der Waals surface area contributed by atoms with Crippen LogP contribution in [0.25, 0.3) is 0 Å². The van der Waals surface area contributed by atoms with Crippen molar-refractivity contribution in [3.05, 3.63) is 0 Å². The van der Waals surface area contributed by atoms with Gasteiger partial charge in [-0.2, -0.15) is 13.2 Å². The van der Waals surface area contributed by atoms with E-state index in [2.05, 4.69) is 4.74 Å². The lowest BCUT2D eigenvalue weighted by atomic mass is 10.1. The monoisotopic (exact) mass is 249 g/mol. The minimum atomic E-state index is -4.34. The third-order valence-corrected chi connectivity index (χ3v) is 1.79.